The summed E-state index contributed by atoms with van der Waals surface area (Å²) < 4.78 is 51.5. The number of methoxy groups -OCH3 is 1. The molecule has 0 aromatic rings. The molecule has 1 aliphatic carbocycles. The van der Waals surface area contributed by atoms with Crippen molar-refractivity contribution in [1.82, 2.24) is 0 Å². The highest BCUT2D eigenvalue weighted by Gasteiger charge is 2.47. The zero-order valence-electron chi connectivity index (χ0n) is 22.9. The lowest BCUT2D eigenvalue weighted by atomic mass is 9.84. The van der Waals surface area contributed by atoms with Gasteiger partial charge in [-0.05, 0) is 57.3 Å². The van der Waals surface area contributed by atoms with Crippen molar-refractivity contribution in [2.45, 2.75) is 141 Å². The second-order valence-electron chi connectivity index (χ2n) is 10.7. The summed E-state index contributed by atoms with van der Waals surface area (Å²) in [6, 6.07) is 0. The van der Waals surface area contributed by atoms with Gasteiger partial charge in [0.25, 0.3) is 5.92 Å². The first-order valence-corrected chi connectivity index (χ1v) is 14.2. The Hall–Kier alpha value is -1.32. The molecule has 9 heteroatoms. The molecule has 1 N–H and O–H groups in total. The van der Waals surface area contributed by atoms with Crippen LogP contribution in [-0.4, -0.2) is 61.3 Å². The molecule has 37 heavy (non-hydrogen) atoms. The first-order valence-electron chi connectivity index (χ1n) is 14.2. The van der Waals surface area contributed by atoms with Crippen LogP contribution < -0.4 is 0 Å². The number of hydrogen-bond acceptors (Lipinski definition) is 7. The highest BCUT2D eigenvalue weighted by molar-refractivity contribution is 5.69. The second kappa shape index (κ2) is 16.6. The lowest BCUT2D eigenvalue weighted by Gasteiger charge is -2.32. The van der Waals surface area contributed by atoms with E-state index >= 15 is 0 Å². The maximum Gasteiger partial charge on any atom is 0.305 e. The molecule has 2 rings (SSSR count). The largest absolute Gasteiger partial charge is 0.469 e. The van der Waals surface area contributed by atoms with E-state index in [1.54, 1.807) is 0 Å². The topological polar surface area (TPSA) is 91.3 Å². The summed E-state index contributed by atoms with van der Waals surface area (Å²) in [7, 11) is 1.38. The number of unbranched alkanes of at least 4 members (excludes halogenated alkanes) is 4. The minimum Gasteiger partial charge on any atom is -0.469 e. The molecular formula is C28H48F2O7. The highest BCUT2D eigenvalue weighted by Crippen LogP contribution is 2.44. The first kappa shape index (κ1) is 31.9. The molecule has 6 atom stereocenters. The molecular weight excluding hydrogens is 486 g/mol. The van der Waals surface area contributed by atoms with Gasteiger partial charge in [0.05, 0.1) is 13.2 Å². The summed E-state index contributed by atoms with van der Waals surface area (Å²) in [4.78, 5) is 23.2. The van der Waals surface area contributed by atoms with Gasteiger partial charge in [0, 0.05) is 38.7 Å². The van der Waals surface area contributed by atoms with Crippen molar-refractivity contribution in [3.8, 4) is 0 Å². The fourth-order valence-corrected chi connectivity index (χ4v) is 5.69. The summed E-state index contributed by atoms with van der Waals surface area (Å²) in [5, 5.41) is 10.4. The Balaban J connectivity index is 2.06. The summed E-state index contributed by atoms with van der Waals surface area (Å²) in [6.07, 6.45) is 6.15. The maximum atomic E-state index is 14.5. The van der Waals surface area contributed by atoms with E-state index in [-0.39, 0.29) is 55.1 Å². The van der Waals surface area contributed by atoms with Crippen molar-refractivity contribution in [2.24, 2.45) is 11.8 Å². The SMILES string of the molecule is CCCCC(F)(F)C(O)CC[C@@H]1[C@@H](CCCCCCC(=O)OC)[C@H](OC(C)=O)C[C@H]1OC1CCCCO1. The molecule has 1 aliphatic heterocycles. The van der Waals surface area contributed by atoms with Crippen LogP contribution in [0.4, 0.5) is 8.78 Å². The molecule has 7 nitrogen and oxygen atoms in total. The Morgan fingerprint density at radius 3 is 2.43 bits per heavy atom. The van der Waals surface area contributed by atoms with Crippen LogP contribution in [0.1, 0.15) is 110 Å². The Labute approximate surface area is 220 Å². The Bertz CT molecular complexity index is 669. The fourth-order valence-electron chi connectivity index (χ4n) is 5.69. The third-order valence-electron chi connectivity index (χ3n) is 7.77. The highest BCUT2D eigenvalue weighted by atomic mass is 19.3. The van der Waals surface area contributed by atoms with E-state index in [0.717, 1.165) is 51.4 Å². The fraction of sp³-hybridized carbons (Fsp3) is 0.929. The zero-order chi connectivity index (χ0) is 27.3. The number of hydrogen-bond donors (Lipinski definition) is 1. The van der Waals surface area contributed by atoms with Gasteiger partial charge in [0.1, 0.15) is 12.2 Å². The minimum atomic E-state index is -3.12. The standard InChI is InChI=1S/C28H48F2O7/c1-4-5-17-28(29,30)25(32)16-15-22-21(12-8-6-7-9-13-26(33)34-3)23(36-20(2)31)19-24(22)37-27-14-10-11-18-35-27/h21-25,27,32H,4-19H2,1-3H3/t21-,22-,23-,24-,25?,27?/m1/s1. The Morgan fingerprint density at radius 1 is 1.05 bits per heavy atom. The average Bonchev–Trinajstić information content (AvgIpc) is 3.18. The van der Waals surface area contributed by atoms with Gasteiger partial charge in [-0.25, -0.2) is 8.78 Å². The van der Waals surface area contributed by atoms with Gasteiger partial charge in [-0.1, -0.05) is 32.6 Å². The molecule has 2 fully saturated rings. The van der Waals surface area contributed by atoms with Crippen LogP contribution in [0.5, 0.6) is 0 Å². The van der Waals surface area contributed by atoms with E-state index in [1.807, 2.05) is 6.92 Å². The van der Waals surface area contributed by atoms with Crippen molar-refractivity contribution >= 4 is 11.9 Å². The van der Waals surface area contributed by atoms with Gasteiger partial charge in [0.2, 0.25) is 0 Å². The molecule has 0 bridgehead atoms. The second-order valence-corrected chi connectivity index (χ2v) is 10.7. The van der Waals surface area contributed by atoms with E-state index < -0.39 is 12.0 Å². The van der Waals surface area contributed by atoms with Gasteiger partial charge in [-0.3, -0.25) is 9.59 Å². The predicted octanol–water partition coefficient (Wildman–Crippen LogP) is 5.95. The molecule has 0 radical (unpaired) electrons. The Kier molecular flexibility index (Phi) is 14.3. The normalized spacial score (nSPS) is 27.1. The van der Waals surface area contributed by atoms with Crippen molar-refractivity contribution in [3.63, 3.8) is 0 Å². The van der Waals surface area contributed by atoms with Crippen LogP contribution in [-0.2, 0) is 28.5 Å². The third kappa shape index (κ3) is 11.1. The van der Waals surface area contributed by atoms with Crippen LogP contribution in [0, 0.1) is 11.8 Å². The molecule has 0 spiro atoms. The lowest BCUT2D eigenvalue weighted by Crippen LogP contribution is -2.36. The van der Waals surface area contributed by atoms with Gasteiger partial charge in [0.15, 0.2) is 6.29 Å². The molecule has 216 valence electrons. The smallest absolute Gasteiger partial charge is 0.305 e. The number of rotatable bonds is 17. The van der Waals surface area contributed by atoms with Crippen LogP contribution in [0.2, 0.25) is 0 Å². The number of esters is 2. The number of carbonyl (C=O) groups excluding carboxylic acids is 2. The first-order chi connectivity index (χ1) is 17.7. The summed E-state index contributed by atoms with van der Waals surface area (Å²) in [5.74, 6) is -3.88. The van der Waals surface area contributed by atoms with Crippen molar-refractivity contribution in [3.05, 3.63) is 0 Å². The number of halogens is 2. The number of aliphatic hydroxyl groups is 1. The van der Waals surface area contributed by atoms with E-state index in [1.165, 1.54) is 14.0 Å². The van der Waals surface area contributed by atoms with Crippen LogP contribution in [0.25, 0.3) is 0 Å². The summed E-state index contributed by atoms with van der Waals surface area (Å²) in [5.41, 5.74) is 0. The maximum absolute atomic E-state index is 14.5. The number of ether oxygens (including phenoxy) is 4. The van der Waals surface area contributed by atoms with E-state index in [9.17, 15) is 23.5 Å². The molecule has 1 saturated carbocycles. The molecule has 2 aliphatic rings. The number of aliphatic hydroxyl groups excluding tert-OH is 1. The van der Waals surface area contributed by atoms with Gasteiger partial charge in [-0.2, -0.15) is 0 Å². The molecule has 0 aromatic carbocycles. The summed E-state index contributed by atoms with van der Waals surface area (Å²) >= 11 is 0. The van der Waals surface area contributed by atoms with Crippen molar-refractivity contribution < 1.29 is 42.4 Å². The summed E-state index contributed by atoms with van der Waals surface area (Å²) in [6.45, 7) is 3.87. The van der Waals surface area contributed by atoms with Gasteiger partial charge in [-0.15, -0.1) is 0 Å². The number of carbonyl (C=O) groups is 2. The van der Waals surface area contributed by atoms with Crippen LogP contribution in [0.15, 0.2) is 0 Å². The monoisotopic (exact) mass is 534 g/mol. The average molecular weight is 535 g/mol. The third-order valence-corrected chi connectivity index (χ3v) is 7.77. The Morgan fingerprint density at radius 2 is 1.78 bits per heavy atom. The molecule has 1 saturated heterocycles. The predicted molar refractivity (Wildman–Crippen MR) is 135 cm³/mol. The van der Waals surface area contributed by atoms with Crippen LogP contribution in [0.3, 0.4) is 0 Å². The van der Waals surface area contributed by atoms with Crippen molar-refractivity contribution in [1.29, 1.82) is 0 Å². The zero-order valence-corrected chi connectivity index (χ0v) is 22.9. The molecule has 0 aromatic heterocycles. The van der Waals surface area contributed by atoms with E-state index in [0.29, 0.717) is 38.7 Å². The van der Waals surface area contributed by atoms with Gasteiger partial charge >= 0.3 is 11.9 Å². The molecule has 0 amide bonds. The molecule has 1 heterocycles. The quantitative estimate of drug-likeness (QED) is 0.182. The van der Waals surface area contributed by atoms with E-state index in [4.69, 9.17) is 14.2 Å². The van der Waals surface area contributed by atoms with Gasteiger partial charge < -0.3 is 24.1 Å². The number of alkyl halides is 2. The van der Waals surface area contributed by atoms with E-state index in [2.05, 4.69) is 4.74 Å². The minimum absolute atomic E-state index is 0.0326. The van der Waals surface area contributed by atoms with Crippen molar-refractivity contribution in [2.75, 3.05) is 13.7 Å². The molecule has 2 unspecified atom stereocenters. The van der Waals surface area contributed by atoms with Crippen LogP contribution >= 0.6 is 0 Å². The lowest BCUT2D eigenvalue weighted by molar-refractivity contribution is -0.197.